The van der Waals surface area contributed by atoms with Gasteiger partial charge in [-0.2, -0.15) is 8.42 Å². The van der Waals surface area contributed by atoms with Gasteiger partial charge in [-0.15, -0.1) is 0 Å². The van der Waals surface area contributed by atoms with Gasteiger partial charge in [-0.3, -0.25) is 14.1 Å². The van der Waals surface area contributed by atoms with E-state index < -0.39 is 40.1 Å². The minimum atomic E-state index is -4.46. The summed E-state index contributed by atoms with van der Waals surface area (Å²) in [4.78, 5) is 20.3. The zero-order chi connectivity index (χ0) is 10.6. The minimum Gasteiger partial charge on any atom is -0.481 e. The second kappa shape index (κ2) is 4.19. The van der Waals surface area contributed by atoms with Crippen LogP contribution in [0.3, 0.4) is 0 Å². The van der Waals surface area contributed by atoms with E-state index in [0.717, 1.165) is 0 Å². The molecule has 13 heavy (non-hydrogen) atoms. The van der Waals surface area contributed by atoms with Crippen LogP contribution >= 0.6 is 0 Å². The second-order valence-corrected chi connectivity index (χ2v) is 3.88. The van der Waals surface area contributed by atoms with E-state index in [1.54, 1.807) is 0 Å². The van der Waals surface area contributed by atoms with E-state index in [-0.39, 0.29) is 0 Å². The fourth-order valence-electron chi connectivity index (χ4n) is 0.683. The van der Waals surface area contributed by atoms with Gasteiger partial charge in [0.2, 0.25) is 0 Å². The van der Waals surface area contributed by atoms with E-state index in [1.165, 1.54) is 0 Å². The van der Waals surface area contributed by atoms with Gasteiger partial charge in [0.05, 0.1) is 18.1 Å². The molecule has 76 valence electrons. The maximum absolute atomic E-state index is 10.3. The lowest BCUT2D eigenvalue weighted by Crippen LogP contribution is -2.25. The smallest absolute Gasteiger partial charge is 0.308 e. The summed E-state index contributed by atoms with van der Waals surface area (Å²) in [6.45, 7) is 0. The van der Waals surface area contributed by atoms with Crippen LogP contribution in [-0.2, 0) is 19.7 Å². The molecule has 7 nitrogen and oxygen atoms in total. The molecule has 0 saturated carbocycles. The first kappa shape index (κ1) is 11.8. The van der Waals surface area contributed by atoms with Crippen LogP contribution < -0.4 is 0 Å². The molecular weight excluding hydrogens is 204 g/mol. The summed E-state index contributed by atoms with van der Waals surface area (Å²) in [5, 5.41) is 16.5. The molecule has 0 unspecified atom stereocenters. The Morgan fingerprint density at radius 3 is 1.92 bits per heavy atom. The Balaban J connectivity index is 4.45. The van der Waals surface area contributed by atoms with Gasteiger partial charge in [0.1, 0.15) is 0 Å². The fourth-order valence-corrected chi connectivity index (χ4v) is 1.45. The number of rotatable bonds is 5. The Morgan fingerprint density at radius 1 is 1.23 bits per heavy atom. The van der Waals surface area contributed by atoms with Crippen molar-refractivity contribution in [3.63, 3.8) is 0 Å². The molecule has 0 amide bonds. The number of carboxylic acids is 2. The SMILES string of the molecule is O=C(O)C[C@@H](CS(=O)(=O)O)C(=O)O. The normalized spacial score (nSPS) is 13.6. The molecule has 0 aliphatic heterocycles. The third kappa shape index (κ3) is 6.05. The van der Waals surface area contributed by atoms with Crippen molar-refractivity contribution in [3.05, 3.63) is 0 Å². The standard InChI is InChI=1S/C5H8O7S/c6-4(7)1-3(5(8)9)2-13(10,11)12/h3H,1-2H2,(H,6,7)(H,8,9)(H,10,11,12)/t3-/m0/s1. The largest absolute Gasteiger partial charge is 0.481 e. The third-order valence-corrected chi connectivity index (χ3v) is 2.01. The molecule has 8 heteroatoms. The van der Waals surface area contributed by atoms with Gasteiger partial charge in [-0.05, 0) is 0 Å². The van der Waals surface area contributed by atoms with E-state index in [0.29, 0.717) is 0 Å². The van der Waals surface area contributed by atoms with Crippen molar-refractivity contribution in [2.75, 3.05) is 5.75 Å². The zero-order valence-electron chi connectivity index (χ0n) is 6.37. The highest BCUT2D eigenvalue weighted by Crippen LogP contribution is 2.06. The Kier molecular flexibility index (Phi) is 3.82. The van der Waals surface area contributed by atoms with Gasteiger partial charge >= 0.3 is 11.9 Å². The molecule has 3 N–H and O–H groups in total. The molecule has 0 aromatic heterocycles. The van der Waals surface area contributed by atoms with Gasteiger partial charge in [0.25, 0.3) is 10.1 Å². The van der Waals surface area contributed by atoms with Crippen molar-refractivity contribution < 1.29 is 32.8 Å². The molecule has 0 aromatic rings. The zero-order valence-corrected chi connectivity index (χ0v) is 7.19. The van der Waals surface area contributed by atoms with Crippen LogP contribution in [0.5, 0.6) is 0 Å². The first-order chi connectivity index (χ1) is 5.72. The van der Waals surface area contributed by atoms with Gasteiger partial charge < -0.3 is 10.2 Å². The van der Waals surface area contributed by atoms with Crippen molar-refractivity contribution in [2.24, 2.45) is 5.92 Å². The summed E-state index contributed by atoms with van der Waals surface area (Å²) in [6.07, 6.45) is -0.838. The van der Waals surface area contributed by atoms with Crippen molar-refractivity contribution in [2.45, 2.75) is 6.42 Å². The Bertz CT molecular complexity index is 303. The predicted molar refractivity (Wildman–Crippen MR) is 39.8 cm³/mol. The second-order valence-electron chi connectivity index (χ2n) is 2.38. The highest BCUT2D eigenvalue weighted by Gasteiger charge is 2.26. The lowest BCUT2D eigenvalue weighted by atomic mass is 10.1. The highest BCUT2D eigenvalue weighted by atomic mass is 32.2. The van der Waals surface area contributed by atoms with Crippen molar-refractivity contribution in [1.29, 1.82) is 0 Å². The van der Waals surface area contributed by atoms with E-state index in [4.69, 9.17) is 14.8 Å². The Labute approximate surface area is 73.7 Å². The molecular formula is C5H8O7S. The number of carboxylic acid groups (broad SMARTS) is 2. The summed E-state index contributed by atoms with van der Waals surface area (Å²) in [6, 6.07) is 0. The van der Waals surface area contributed by atoms with Crippen LogP contribution in [0.4, 0.5) is 0 Å². The van der Waals surface area contributed by atoms with Crippen LogP contribution in [0.1, 0.15) is 6.42 Å². The first-order valence-electron chi connectivity index (χ1n) is 3.12. The highest BCUT2D eigenvalue weighted by molar-refractivity contribution is 7.85. The summed E-state index contributed by atoms with van der Waals surface area (Å²) >= 11 is 0. The van der Waals surface area contributed by atoms with Crippen LogP contribution in [-0.4, -0.2) is 40.9 Å². The predicted octanol–water partition coefficient (Wildman–Crippen LogP) is -0.950. The van der Waals surface area contributed by atoms with Crippen LogP contribution in [0, 0.1) is 5.92 Å². The van der Waals surface area contributed by atoms with Gasteiger partial charge in [-0.1, -0.05) is 0 Å². The molecule has 0 fully saturated rings. The number of aliphatic carboxylic acids is 2. The minimum absolute atomic E-state index is 0.838. The molecule has 0 aromatic carbocycles. The molecule has 0 rings (SSSR count). The summed E-state index contributed by atoms with van der Waals surface area (Å²) in [5.41, 5.74) is 0. The molecule has 0 saturated heterocycles. The van der Waals surface area contributed by atoms with Crippen molar-refractivity contribution >= 4 is 22.1 Å². The quantitative estimate of drug-likeness (QED) is 0.501. The summed E-state index contributed by atoms with van der Waals surface area (Å²) < 4.78 is 28.7. The average molecular weight is 212 g/mol. The molecule has 0 bridgehead atoms. The molecule has 0 aliphatic rings. The maximum atomic E-state index is 10.3. The summed E-state index contributed by atoms with van der Waals surface area (Å²) in [5.74, 6) is -5.71. The van der Waals surface area contributed by atoms with Crippen LogP contribution in [0.15, 0.2) is 0 Å². The van der Waals surface area contributed by atoms with Gasteiger partial charge in [0.15, 0.2) is 0 Å². The average Bonchev–Trinajstić information content (AvgIpc) is 1.81. The molecule has 0 heterocycles. The molecule has 0 radical (unpaired) electrons. The first-order valence-corrected chi connectivity index (χ1v) is 4.73. The number of carbonyl (C=O) groups is 2. The number of hydrogen-bond donors (Lipinski definition) is 3. The molecule has 1 atom stereocenters. The lowest BCUT2D eigenvalue weighted by molar-refractivity contribution is -0.147. The topological polar surface area (TPSA) is 129 Å². The van der Waals surface area contributed by atoms with Crippen molar-refractivity contribution in [3.8, 4) is 0 Å². The maximum Gasteiger partial charge on any atom is 0.308 e. The van der Waals surface area contributed by atoms with E-state index >= 15 is 0 Å². The van der Waals surface area contributed by atoms with Crippen molar-refractivity contribution in [1.82, 2.24) is 0 Å². The van der Waals surface area contributed by atoms with Gasteiger partial charge in [-0.25, -0.2) is 0 Å². The van der Waals surface area contributed by atoms with E-state index in [9.17, 15) is 18.0 Å². The van der Waals surface area contributed by atoms with Crippen LogP contribution in [0.25, 0.3) is 0 Å². The van der Waals surface area contributed by atoms with E-state index in [2.05, 4.69) is 0 Å². The Hall–Kier alpha value is -1.15. The Morgan fingerprint density at radius 2 is 1.69 bits per heavy atom. The lowest BCUT2D eigenvalue weighted by Gasteiger charge is -2.06. The van der Waals surface area contributed by atoms with E-state index in [1.807, 2.05) is 0 Å². The van der Waals surface area contributed by atoms with Crippen LogP contribution in [0.2, 0.25) is 0 Å². The van der Waals surface area contributed by atoms with Gasteiger partial charge in [0, 0.05) is 0 Å². The molecule has 0 spiro atoms. The fraction of sp³-hybridized carbons (Fsp3) is 0.600. The summed E-state index contributed by atoms with van der Waals surface area (Å²) in [7, 11) is -4.46. The monoisotopic (exact) mass is 212 g/mol. The number of hydrogen-bond acceptors (Lipinski definition) is 4. The molecule has 0 aliphatic carbocycles. The third-order valence-electron chi connectivity index (χ3n) is 1.18.